The van der Waals surface area contributed by atoms with E-state index in [9.17, 15) is 14.7 Å². The first-order valence-electron chi connectivity index (χ1n) is 11.1. The van der Waals surface area contributed by atoms with Crippen molar-refractivity contribution in [3.05, 3.63) is 0 Å². The number of piperidine rings is 1. The molecule has 2 amide bonds. The van der Waals surface area contributed by atoms with E-state index in [0.29, 0.717) is 18.9 Å². The van der Waals surface area contributed by atoms with Gasteiger partial charge in [-0.15, -0.1) is 12.4 Å². The molecule has 28 heavy (non-hydrogen) atoms. The van der Waals surface area contributed by atoms with Crippen molar-refractivity contribution < 1.29 is 14.7 Å². The van der Waals surface area contributed by atoms with Gasteiger partial charge in [-0.05, 0) is 89.1 Å². The molecule has 2 saturated carbocycles. The molecule has 0 atom stereocenters. The van der Waals surface area contributed by atoms with Gasteiger partial charge in [-0.3, -0.25) is 4.79 Å². The smallest absolute Gasteiger partial charge is 0.320 e. The van der Waals surface area contributed by atoms with Gasteiger partial charge in [0, 0.05) is 25.2 Å². The summed E-state index contributed by atoms with van der Waals surface area (Å²) in [4.78, 5) is 28.4. The topological polar surface area (TPSA) is 72.9 Å². The summed E-state index contributed by atoms with van der Waals surface area (Å²) in [7, 11) is 0. The number of nitrogens with zero attached hydrogens (tertiary/aromatic N) is 2. The molecule has 0 radical (unpaired) electrons. The monoisotopic (exact) mass is 413 g/mol. The molecule has 0 spiro atoms. The number of halogens is 1. The Hall–Kier alpha value is -1.01. The van der Waals surface area contributed by atoms with Crippen molar-refractivity contribution in [2.75, 3.05) is 26.2 Å². The number of hydrogen-bond donors (Lipinski definition) is 2. The normalized spacial score (nSPS) is 34.9. The van der Waals surface area contributed by atoms with Crippen LogP contribution in [-0.4, -0.2) is 65.2 Å². The van der Waals surface area contributed by atoms with Crippen molar-refractivity contribution in [1.82, 2.24) is 15.1 Å². The number of carboxylic acid groups (broad SMARTS) is 1. The second kappa shape index (κ2) is 9.66. The Bertz CT molecular complexity index is 539. The van der Waals surface area contributed by atoms with Gasteiger partial charge in [0.15, 0.2) is 0 Å². The van der Waals surface area contributed by atoms with Gasteiger partial charge in [0.05, 0.1) is 5.92 Å². The maximum Gasteiger partial charge on any atom is 0.320 e. The molecule has 2 N–H and O–H groups in total. The first kappa shape index (κ1) is 21.7. The largest absolute Gasteiger partial charge is 0.481 e. The lowest BCUT2D eigenvalue weighted by molar-refractivity contribution is -0.143. The number of nitrogens with one attached hydrogen (secondary N) is 1. The Labute approximate surface area is 174 Å². The van der Waals surface area contributed by atoms with E-state index >= 15 is 0 Å². The second-order valence-electron chi connectivity index (χ2n) is 9.17. The van der Waals surface area contributed by atoms with Crippen LogP contribution in [0.2, 0.25) is 0 Å². The quantitative estimate of drug-likeness (QED) is 0.741. The predicted molar refractivity (Wildman–Crippen MR) is 111 cm³/mol. The maximum atomic E-state index is 13.0. The summed E-state index contributed by atoms with van der Waals surface area (Å²) < 4.78 is 0. The van der Waals surface area contributed by atoms with Crippen LogP contribution >= 0.6 is 12.4 Å². The van der Waals surface area contributed by atoms with E-state index in [2.05, 4.69) is 15.1 Å². The minimum atomic E-state index is -0.673. The van der Waals surface area contributed by atoms with Crippen LogP contribution in [0.3, 0.4) is 0 Å². The lowest BCUT2D eigenvalue weighted by atomic mass is 9.74. The highest BCUT2D eigenvalue weighted by molar-refractivity contribution is 5.85. The lowest BCUT2D eigenvalue weighted by Gasteiger charge is -2.39. The van der Waals surface area contributed by atoms with Crippen molar-refractivity contribution in [1.29, 1.82) is 0 Å². The molecule has 7 heteroatoms. The third-order valence-electron chi connectivity index (χ3n) is 7.79. The van der Waals surface area contributed by atoms with Gasteiger partial charge in [0.1, 0.15) is 0 Å². The molecule has 160 valence electrons. The molecule has 4 fully saturated rings. The number of rotatable bonds is 4. The van der Waals surface area contributed by atoms with Crippen LogP contribution in [0.1, 0.15) is 64.2 Å². The first-order chi connectivity index (χ1) is 13.1. The summed E-state index contributed by atoms with van der Waals surface area (Å²) in [5.74, 6) is 0.875. The highest BCUT2D eigenvalue weighted by Crippen LogP contribution is 2.38. The predicted octanol–water partition coefficient (Wildman–Crippen LogP) is 3.35. The van der Waals surface area contributed by atoms with Crippen LogP contribution in [0.4, 0.5) is 4.79 Å². The molecule has 2 aliphatic heterocycles. The van der Waals surface area contributed by atoms with Crippen LogP contribution in [0.5, 0.6) is 0 Å². The lowest BCUT2D eigenvalue weighted by Crippen LogP contribution is -2.45. The van der Waals surface area contributed by atoms with Crippen molar-refractivity contribution >= 4 is 24.4 Å². The maximum absolute atomic E-state index is 13.0. The summed E-state index contributed by atoms with van der Waals surface area (Å²) in [6, 6.07) is 0.902. The number of carbonyl (C=O) groups excluding carboxylic acids is 1. The van der Waals surface area contributed by atoms with Crippen molar-refractivity contribution in [3.8, 4) is 0 Å². The van der Waals surface area contributed by atoms with Crippen LogP contribution in [0, 0.1) is 17.8 Å². The van der Waals surface area contributed by atoms with Gasteiger partial charge in [0.2, 0.25) is 0 Å². The van der Waals surface area contributed by atoms with Crippen LogP contribution < -0.4 is 5.32 Å². The SMILES string of the molecule is Cl.O=C(O)C1CCC(N2CCN([C@H]3CC[C@H](C4CCNCC4)CC3)C2=O)CC1. The van der Waals surface area contributed by atoms with Gasteiger partial charge in [-0.25, -0.2) is 4.79 Å². The second-order valence-corrected chi connectivity index (χ2v) is 9.17. The Morgan fingerprint density at radius 1 is 0.786 bits per heavy atom. The highest BCUT2D eigenvalue weighted by Gasteiger charge is 2.40. The third kappa shape index (κ3) is 4.59. The minimum Gasteiger partial charge on any atom is -0.481 e. The summed E-state index contributed by atoms with van der Waals surface area (Å²) >= 11 is 0. The van der Waals surface area contributed by atoms with E-state index in [1.54, 1.807) is 0 Å². The molecule has 0 aromatic rings. The molecule has 2 heterocycles. The van der Waals surface area contributed by atoms with E-state index in [-0.39, 0.29) is 30.4 Å². The summed E-state index contributed by atoms with van der Waals surface area (Å²) in [5.41, 5.74) is 0. The van der Waals surface area contributed by atoms with Gasteiger partial charge >= 0.3 is 12.0 Å². The molecule has 2 saturated heterocycles. The Morgan fingerprint density at radius 2 is 1.25 bits per heavy atom. The molecule has 4 rings (SSSR count). The number of hydrogen-bond acceptors (Lipinski definition) is 3. The van der Waals surface area contributed by atoms with E-state index in [1.165, 1.54) is 51.6 Å². The average molecular weight is 414 g/mol. The molecule has 0 aromatic carbocycles. The Balaban J connectivity index is 0.00000225. The molecule has 4 aliphatic rings. The third-order valence-corrected chi connectivity index (χ3v) is 7.79. The zero-order valence-corrected chi connectivity index (χ0v) is 17.7. The molecular formula is C21H36ClN3O3. The first-order valence-corrected chi connectivity index (χ1v) is 11.1. The van der Waals surface area contributed by atoms with Gasteiger partial charge in [0.25, 0.3) is 0 Å². The molecular weight excluding hydrogens is 378 g/mol. The fourth-order valence-corrected chi connectivity index (χ4v) is 6.08. The molecule has 0 unspecified atom stereocenters. The van der Waals surface area contributed by atoms with E-state index in [4.69, 9.17) is 0 Å². The summed E-state index contributed by atoms with van der Waals surface area (Å²) in [6.45, 7) is 4.04. The fraction of sp³-hybridized carbons (Fsp3) is 0.905. The average Bonchev–Trinajstić information content (AvgIpc) is 3.10. The highest BCUT2D eigenvalue weighted by atomic mass is 35.5. The van der Waals surface area contributed by atoms with Gasteiger partial charge in [-0.1, -0.05) is 0 Å². The zero-order valence-electron chi connectivity index (χ0n) is 16.9. The Kier molecular flexibility index (Phi) is 7.48. The zero-order chi connectivity index (χ0) is 18.8. The Morgan fingerprint density at radius 3 is 1.75 bits per heavy atom. The van der Waals surface area contributed by atoms with E-state index in [1.807, 2.05) is 0 Å². The molecule has 2 aliphatic carbocycles. The van der Waals surface area contributed by atoms with Gasteiger partial charge < -0.3 is 20.2 Å². The van der Waals surface area contributed by atoms with Crippen molar-refractivity contribution in [2.45, 2.75) is 76.3 Å². The van der Waals surface area contributed by atoms with Crippen molar-refractivity contribution in [3.63, 3.8) is 0 Å². The van der Waals surface area contributed by atoms with Crippen molar-refractivity contribution in [2.24, 2.45) is 17.8 Å². The number of amides is 2. The fourth-order valence-electron chi connectivity index (χ4n) is 6.08. The molecule has 0 aromatic heterocycles. The van der Waals surface area contributed by atoms with E-state index in [0.717, 1.165) is 37.8 Å². The standard InChI is InChI=1S/C21H35N3O3.ClH/c25-20(26)17-3-7-19(8-4-17)24-14-13-23(21(24)27)18-5-1-15(2-6-18)16-9-11-22-12-10-16;/h15-19,22H,1-14H2,(H,25,26);1H/t15-,17?,18-,19?;. The summed E-state index contributed by atoms with van der Waals surface area (Å²) in [6.07, 6.45) is 10.7. The van der Waals surface area contributed by atoms with Crippen LogP contribution in [0.25, 0.3) is 0 Å². The molecule has 6 nitrogen and oxygen atoms in total. The van der Waals surface area contributed by atoms with E-state index < -0.39 is 5.97 Å². The van der Waals surface area contributed by atoms with Crippen LogP contribution in [-0.2, 0) is 4.79 Å². The number of urea groups is 1. The molecule has 0 bridgehead atoms. The number of carboxylic acids is 1. The summed E-state index contributed by atoms with van der Waals surface area (Å²) in [5, 5.41) is 12.6. The number of aliphatic carboxylic acids is 1. The van der Waals surface area contributed by atoms with Gasteiger partial charge in [-0.2, -0.15) is 0 Å². The number of carbonyl (C=O) groups is 2. The minimum absolute atomic E-state index is 0. The van der Waals surface area contributed by atoms with Crippen LogP contribution in [0.15, 0.2) is 0 Å².